The van der Waals surface area contributed by atoms with E-state index < -0.39 is 6.10 Å². The Balaban J connectivity index is 1.92. The van der Waals surface area contributed by atoms with Crippen molar-refractivity contribution < 1.29 is 9.90 Å². The first-order chi connectivity index (χ1) is 7.77. The van der Waals surface area contributed by atoms with Crippen molar-refractivity contribution in [3.8, 4) is 0 Å². The fraction of sp³-hybridized carbons (Fsp3) is 0.462. The van der Waals surface area contributed by atoms with Crippen LogP contribution in [-0.4, -0.2) is 29.6 Å². The molecular weight excluding hydrogens is 202 g/mol. The molecule has 3 heteroatoms. The van der Waals surface area contributed by atoms with Gasteiger partial charge < -0.3 is 10.4 Å². The van der Waals surface area contributed by atoms with Gasteiger partial charge in [0.1, 0.15) is 0 Å². The lowest BCUT2D eigenvalue weighted by atomic mass is 10.00. The van der Waals surface area contributed by atoms with Crippen LogP contribution in [0.15, 0.2) is 30.3 Å². The Labute approximate surface area is 95.5 Å². The molecule has 2 rings (SSSR count). The van der Waals surface area contributed by atoms with Crippen LogP contribution in [0.4, 0.5) is 0 Å². The Morgan fingerprint density at radius 1 is 1.44 bits per heavy atom. The van der Waals surface area contributed by atoms with E-state index in [0.717, 1.165) is 19.4 Å². The molecule has 0 radical (unpaired) electrons. The van der Waals surface area contributed by atoms with Crippen molar-refractivity contribution in [1.82, 2.24) is 5.32 Å². The van der Waals surface area contributed by atoms with E-state index >= 15 is 0 Å². The van der Waals surface area contributed by atoms with Crippen LogP contribution in [0, 0.1) is 0 Å². The lowest BCUT2D eigenvalue weighted by Gasteiger charge is -2.17. The molecule has 0 bridgehead atoms. The molecule has 3 nitrogen and oxygen atoms in total. The highest BCUT2D eigenvalue weighted by molar-refractivity contribution is 5.96. The second-order valence-electron chi connectivity index (χ2n) is 4.26. The van der Waals surface area contributed by atoms with Gasteiger partial charge in [0.2, 0.25) is 0 Å². The predicted octanol–water partition coefficient (Wildman–Crippen LogP) is 1.37. The molecule has 0 unspecified atom stereocenters. The molecule has 0 amide bonds. The first kappa shape index (κ1) is 11.3. The number of hydrogen-bond donors (Lipinski definition) is 2. The number of carbonyl (C=O) groups is 1. The molecule has 0 aromatic heterocycles. The fourth-order valence-electron chi connectivity index (χ4n) is 2.11. The van der Waals surface area contributed by atoms with E-state index in [1.54, 1.807) is 12.1 Å². The van der Waals surface area contributed by atoms with Crippen molar-refractivity contribution in [2.24, 2.45) is 0 Å². The van der Waals surface area contributed by atoms with Gasteiger partial charge in [0.25, 0.3) is 0 Å². The van der Waals surface area contributed by atoms with Crippen LogP contribution in [0.2, 0.25) is 0 Å². The van der Waals surface area contributed by atoms with Crippen molar-refractivity contribution in [2.45, 2.75) is 31.4 Å². The van der Waals surface area contributed by atoms with Crippen LogP contribution < -0.4 is 5.32 Å². The highest BCUT2D eigenvalue weighted by Crippen LogP contribution is 2.14. The van der Waals surface area contributed by atoms with Crippen LogP contribution in [0.3, 0.4) is 0 Å². The maximum Gasteiger partial charge on any atom is 0.165 e. The second-order valence-corrected chi connectivity index (χ2v) is 4.26. The van der Waals surface area contributed by atoms with Crippen LogP contribution in [-0.2, 0) is 0 Å². The Kier molecular flexibility index (Phi) is 3.70. The third kappa shape index (κ3) is 2.68. The molecule has 2 N–H and O–H groups in total. The molecule has 16 heavy (non-hydrogen) atoms. The number of hydrogen-bond acceptors (Lipinski definition) is 3. The minimum absolute atomic E-state index is 0.0156. The SMILES string of the molecule is O=C(C[C@@H](O)[C@@H]1CCCN1)c1ccccc1. The zero-order valence-corrected chi connectivity index (χ0v) is 9.23. The topological polar surface area (TPSA) is 49.3 Å². The van der Waals surface area contributed by atoms with Gasteiger partial charge >= 0.3 is 0 Å². The van der Waals surface area contributed by atoms with Crippen molar-refractivity contribution in [1.29, 1.82) is 0 Å². The molecule has 0 aliphatic carbocycles. The summed E-state index contributed by atoms with van der Waals surface area (Å²) >= 11 is 0. The average molecular weight is 219 g/mol. The third-order valence-corrected chi connectivity index (χ3v) is 3.05. The van der Waals surface area contributed by atoms with Crippen molar-refractivity contribution in [3.63, 3.8) is 0 Å². The first-order valence-electron chi connectivity index (χ1n) is 5.77. The minimum atomic E-state index is -0.560. The number of nitrogens with one attached hydrogen (secondary N) is 1. The monoisotopic (exact) mass is 219 g/mol. The standard InChI is InChI=1S/C13H17NO2/c15-12(10-5-2-1-3-6-10)9-13(16)11-7-4-8-14-11/h1-3,5-6,11,13-14,16H,4,7-9H2/t11-,13+/m0/s1. The summed E-state index contributed by atoms with van der Waals surface area (Å²) in [4.78, 5) is 11.8. The third-order valence-electron chi connectivity index (χ3n) is 3.05. The van der Waals surface area contributed by atoms with Gasteiger partial charge in [-0.1, -0.05) is 30.3 Å². The Bertz CT molecular complexity index is 344. The molecule has 0 spiro atoms. The summed E-state index contributed by atoms with van der Waals surface area (Å²) in [6, 6.07) is 9.23. The van der Waals surface area contributed by atoms with E-state index in [0.29, 0.717) is 5.56 Å². The van der Waals surface area contributed by atoms with Gasteiger partial charge in [-0.25, -0.2) is 0 Å². The summed E-state index contributed by atoms with van der Waals surface area (Å²) in [6.07, 6.45) is 1.70. The van der Waals surface area contributed by atoms with E-state index in [2.05, 4.69) is 5.32 Å². The van der Waals surface area contributed by atoms with Gasteiger partial charge in [-0.05, 0) is 19.4 Å². The molecule has 1 aliphatic rings. The Morgan fingerprint density at radius 3 is 2.81 bits per heavy atom. The summed E-state index contributed by atoms with van der Waals surface area (Å²) in [5, 5.41) is 13.1. The zero-order chi connectivity index (χ0) is 11.4. The summed E-state index contributed by atoms with van der Waals surface area (Å²) in [6.45, 7) is 0.946. The fourth-order valence-corrected chi connectivity index (χ4v) is 2.11. The van der Waals surface area contributed by atoms with Gasteiger partial charge in [-0.3, -0.25) is 4.79 Å². The smallest absolute Gasteiger partial charge is 0.165 e. The zero-order valence-electron chi connectivity index (χ0n) is 9.23. The number of ketones is 1. The number of Topliss-reactive ketones (excluding diaryl/α,β-unsaturated/α-hetero) is 1. The number of rotatable bonds is 4. The number of aliphatic hydroxyl groups excluding tert-OH is 1. The van der Waals surface area contributed by atoms with E-state index in [9.17, 15) is 9.90 Å². The molecule has 1 aromatic carbocycles. The lowest BCUT2D eigenvalue weighted by Crippen LogP contribution is -2.36. The average Bonchev–Trinajstić information content (AvgIpc) is 2.83. The van der Waals surface area contributed by atoms with E-state index in [1.165, 1.54) is 0 Å². The molecular formula is C13H17NO2. The lowest BCUT2D eigenvalue weighted by molar-refractivity contribution is 0.0819. The molecule has 1 aliphatic heterocycles. The normalized spacial score (nSPS) is 21.9. The summed E-state index contributed by atoms with van der Waals surface area (Å²) in [5.41, 5.74) is 0.680. The largest absolute Gasteiger partial charge is 0.391 e. The summed E-state index contributed by atoms with van der Waals surface area (Å²) in [5.74, 6) is 0.0156. The van der Waals surface area contributed by atoms with Crippen LogP contribution in [0.1, 0.15) is 29.6 Å². The van der Waals surface area contributed by atoms with E-state index in [1.807, 2.05) is 18.2 Å². The molecule has 1 saturated heterocycles. The van der Waals surface area contributed by atoms with E-state index in [4.69, 9.17) is 0 Å². The maximum absolute atomic E-state index is 11.8. The minimum Gasteiger partial charge on any atom is -0.391 e. The maximum atomic E-state index is 11.8. The van der Waals surface area contributed by atoms with Crippen LogP contribution in [0.25, 0.3) is 0 Å². The molecule has 86 valence electrons. The quantitative estimate of drug-likeness (QED) is 0.752. The van der Waals surface area contributed by atoms with Crippen molar-refractivity contribution in [3.05, 3.63) is 35.9 Å². The molecule has 1 aromatic rings. The summed E-state index contributed by atoms with van der Waals surface area (Å²) < 4.78 is 0. The molecule has 2 atom stereocenters. The molecule has 1 heterocycles. The predicted molar refractivity (Wildman–Crippen MR) is 62.4 cm³/mol. The Hall–Kier alpha value is -1.19. The Morgan fingerprint density at radius 2 is 2.19 bits per heavy atom. The van der Waals surface area contributed by atoms with Crippen LogP contribution >= 0.6 is 0 Å². The van der Waals surface area contributed by atoms with Gasteiger partial charge in [0.15, 0.2) is 5.78 Å². The molecule has 0 saturated carbocycles. The van der Waals surface area contributed by atoms with Crippen LogP contribution in [0.5, 0.6) is 0 Å². The number of carbonyl (C=O) groups excluding carboxylic acids is 1. The first-order valence-corrected chi connectivity index (χ1v) is 5.77. The summed E-state index contributed by atoms with van der Waals surface area (Å²) in [7, 11) is 0. The number of aliphatic hydroxyl groups is 1. The van der Waals surface area contributed by atoms with Gasteiger partial charge in [0, 0.05) is 18.0 Å². The van der Waals surface area contributed by atoms with Gasteiger partial charge in [0.05, 0.1) is 6.10 Å². The highest BCUT2D eigenvalue weighted by Gasteiger charge is 2.24. The van der Waals surface area contributed by atoms with Crippen molar-refractivity contribution >= 4 is 5.78 Å². The van der Waals surface area contributed by atoms with Gasteiger partial charge in [-0.15, -0.1) is 0 Å². The molecule has 1 fully saturated rings. The second kappa shape index (κ2) is 5.23. The van der Waals surface area contributed by atoms with Crippen molar-refractivity contribution in [2.75, 3.05) is 6.54 Å². The van der Waals surface area contributed by atoms with Gasteiger partial charge in [-0.2, -0.15) is 0 Å². The van der Waals surface area contributed by atoms with E-state index in [-0.39, 0.29) is 18.2 Å². The number of benzene rings is 1. The highest BCUT2D eigenvalue weighted by atomic mass is 16.3.